The van der Waals surface area contributed by atoms with Gasteiger partial charge in [0.2, 0.25) is 0 Å². The van der Waals surface area contributed by atoms with Crippen LogP contribution >= 0.6 is 0 Å². The van der Waals surface area contributed by atoms with E-state index in [1.807, 2.05) is 67.0 Å². The van der Waals surface area contributed by atoms with Gasteiger partial charge in [-0.05, 0) is 86.9 Å². The minimum Gasteiger partial charge on any atom is -0.480 e. The van der Waals surface area contributed by atoms with Crippen LogP contribution in [-0.2, 0) is 14.3 Å². The lowest BCUT2D eigenvalue weighted by molar-refractivity contribution is -0.384. The molecule has 0 radical (unpaired) electrons. The Hall–Kier alpha value is -6.78. The number of nitrogens with zero attached hydrogens (tertiary/aromatic N) is 8. The van der Waals surface area contributed by atoms with Crippen molar-refractivity contribution in [2.75, 3.05) is 31.1 Å². The number of azo groups is 1. The van der Waals surface area contributed by atoms with Gasteiger partial charge in [-0.1, -0.05) is 38.3 Å². The molecule has 0 atom stereocenters. The molecule has 0 bridgehead atoms. The number of non-ortho nitro benzene ring substituents is 1. The molecular formula is C43H46N8O5. The van der Waals surface area contributed by atoms with E-state index in [0.29, 0.717) is 36.3 Å². The molecule has 2 aliphatic heterocycles. The number of likely N-dealkylation sites (N-methyl/N-ethyl adjacent to an activating group) is 1. The number of hydrogen-bond acceptors (Lipinski definition) is 12. The number of rotatable bonds is 18. The Bertz CT molecular complexity index is 2050. The van der Waals surface area contributed by atoms with E-state index in [1.165, 1.54) is 12.1 Å². The highest BCUT2D eigenvalue weighted by atomic mass is 16.6. The van der Waals surface area contributed by atoms with Crippen LogP contribution in [0.25, 0.3) is 0 Å². The Balaban J connectivity index is 1.46. The van der Waals surface area contributed by atoms with Gasteiger partial charge < -0.3 is 19.3 Å². The van der Waals surface area contributed by atoms with Crippen LogP contribution in [0, 0.1) is 44.1 Å². The summed E-state index contributed by atoms with van der Waals surface area (Å²) in [5.74, 6) is -0.254. The molecule has 0 amide bonds. The van der Waals surface area contributed by atoms with Crippen LogP contribution < -0.4 is 4.90 Å². The molecular weight excluding hydrogens is 709 g/mol. The summed E-state index contributed by atoms with van der Waals surface area (Å²) in [5.41, 5.74) is 3.43. The predicted octanol–water partition coefficient (Wildman–Crippen LogP) is 9.87. The van der Waals surface area contributed by atoms with E-state index in [0.717, 1.165) is 55.6 Å². The fourth-order valence-electron chi connectivity index (χ4n) is 6.05. The molecule has 0 fully saturated rings. The maximum atomic E-state index is 12.4. The number of nitro benzene ring substituents is 1. The smallest absolute Gasteiger partial charge is 0.305 e. The number of carbonyl (C=O) groups is 1. The van der Waals surface area contributed by atoms with Gasteiger partial charge in [0.1, 0.15) is 29.4 Å². The zero-order valence-corrected chi connectivity index (χ0v) is 32.3. The summed E-state index contributed by atoms with van der Waals surface area (Å²) < 4.78 is 11.5. The molecule has 0 N–H and O–H groups in total. The van der Waals surface area contributed by atoms with Gasteiger partial charge in [-0.3, -0.25) is 14.9 Å². The van der Waals surface area contributed by atoms with Crippen molar-refractivity contribution in [2.24, 2.45) is 10.2 Å². The van der Waals surface area contributed by atoms with Crippen LogP contribution in [0.4, 0.5) is 22.7 Å². The van der Waals surface area contributed by atoms with E-state index in [-0.39, 0.29) is 35.2 Å². The molecule has 13 heteroatoms. The maximum Gasteiger partial charge on any atom is 0.305 e. The third kappa shape index (κ3) is 11.6. The van der Waals surface area contributed by atoms with Gasteiger partial charge in [-0.15, -0.1) is 0 Å². The largest absolute Gasteiger partial charge is 0.480 e. The van der Waals surface area contributed by atoms with Gasteiger partial charge in [-0.25, -0.2) is 0 Å². The molecule has 56 heavy (non-hydrogen) atoms. The number of hydrogen-bond donors (Lipinski definition) is 0. The summed E-state index contributed by atoms with van der Waals surface area (Å²) in [6.07, 6.45) is 16.4. The van der Waals surface area contributed by atoms with Crippen LogP contribution in [0.1, 0.15) is 66.2 Å². The SMILES string of the molecule is CCCCCCC(=O)OCCC(/C=C/C1=C(C#N)C(=C(C#N)C#N)OC1(C)C)=C1C=CN(CCN(CC)c2ccc(N=Nc3ccc([N+](=O)[O-])cc3)cc2)C=C1. The lowest BCUT2D eigenvalue weighted by Gasteiger charge is -2.27. The Labute approximate surface area is 328 Å². The van der Waals surface area contributed by atoms with E-state index in [4.69, 9.17) is 9.47 Å². The van der Waals surface area contributed by atoms with Crippen molar-refractivity contribution in [1.82, 2.24) is 4.90 Å². The Morgan fingerprint density at radius 3 is 2.18 bits per heavy atom. The standard InChI is InChI=1S/C43H46N8O5/c1-5-7-8-9-10-41(52)55-28-23-32(11-20-40-39(31-46)42(34(29-44)30-45)56-43(40,3)4)33-21-24-49(25-22-33)26-27-50(6-2)37-16-12-35(13-17-37)47-48-36-14-18-38(19-15-36)51(53)54/h11-22,24-25H,5-10,23,26-28H2,1-4H3/b20-11+,48-47?. The van der Waals surface area contributed by atoms with Crippen molar-refractivity contribution in [3.63, 3.8) is 0 Å². The third-order valence-electron chi connectivity index (χ3n) is 9.21. The zero-order chi connectivity index (χ0) is 40.5. The number of allylic oxidation sites excluding steroid dienone is 6. The van der Waals surface area contributed by atoms with Crippen molar-refractivity contribution in [2.45, 2.75) is 71.8 Å². The number of nitriles is 3. The van der Waals surface area contributed by atoms with Crippen LogP contribution in [0.3, 0.4) is 0 Å². The summed E-state index contributed by atoms with van der Waals surface area (Å²) in [5, 5.41) is 48.2. The first-order chi connectivity index (χ1) is 27.0. The number of unbranched alkanes of at least 4 members (excludes halogenated alkanes) is 3. The number of esters is 1. The van der Waals surface area contributed by atoms with E-state index >= 15 is 0 Å². The number of carbonyl (C=O) groups excluding carboxylic acids is 1. The molecule has 0 aliphatic carbocycles. The number of ether oxygens (including phenoxy) is 2. The highest BCUT2D eigenvalue weighted by Gasteiger charge is 2.38. The lowest BCUT2D eigenvalue weighted by Crippen LogP contribution is -2.31. The van der Waals surface area contributed by atoms with E-state index in [9.17, 15) is 30.7 Å². The second-order valence-corrected chi connectivity index (χ2v) is 13.5. The van der Waals surface area contributed by atoms with Crippen LogP contribution in [0.15, 0.2) is 129 Å². The Morgan fingerprint density at radius 2 is 1.61 bits per heavy atom. The predicted molar refractivity (Wildman–Crippen MR) is 213 cm³/mol. The number of benzene rings is 2. The second-order valence-electron chi connectivity index (χ2n) is 13.5. The minimum atomic E-state index is -0.962. The average Bonchev–Trinajstić information content (AvgIpc) is 3.46. The highest BCUT2D eigenvalue weighted by Crippen LogP contribution is 2.40. The van der Waals surface area contributed by atoms with Gasteiger partial charge in [0.05, 0.1) is 22.9 Å². The summed E-state index contributed by atoms with van der Waals surface area (Å²) >= 11 is 0. The minimum absolute atomic E-state index is 0.00295. The molecule has 0 unspecified atom stereocenters. The molecule has 0 aromatic heterocycles. The molecule has 2 aliphatic rings. The molecule has 13 nitrogen and oxygen atoms in total. The molecule has 2 aromatic carbocycles. The van der Waals surface area contributed by atoms with Gasteiger partial charge in [0, 0.05) is 68.3 Å². The van der Waals surface area contributed by atoms with Crippen molar-refractivity contribution in [1.29, 1.82) is 15.8 Å². The summed E-state index contributed by atoms with van der Waals surface area (Å²) in [4.78, 5) is 27.2. The van der Waals surface area contributed by atoms with E-state index in [2.05, 4.69) is 39.9 Å². The van der Waals surface area contributed by atoms with Crippen LogP contribution in [-0.4, -0.2) is 47.6 Å². The second kappa shape index (κ2) is 20.6. The van der Waals surface area contributed by atoms with E-state index in [1.54, 1.807) is 32.1 Å². The molecule has 0 saturated carbocycles. The number of anilines is 1. The average molecular weight is 755 g/mol. The molecule has 4 rings (SSSR count). The van der Waals surface area contributed by atoms with Crippen LogP contribution in [0.2, 0.25) is 0 Å². The first-order valence-corrected chi connectivity index (χ1v) is 18.6. The van der Waals surface area contributed by atoms with Gasteiger partial charge in [0.15, 0.2) is 11.3 Å². The molecule has 2 heterocycles. The van der Waals surface area contributed by atoms with Crippen molar-refractivity contribution < 1.29 is 19.2 Å². The fraction of sp³-hybridized carbons (Fsp3) is 0.349. The van der Waals surface area contributed by atoms with Crippen molar-refractivity contribution in [3.8, 4) is 18.2 Å². The van der Waals surface area contributed by atoms with Gasteiger partial charge >= 0.3 is 5.97 Å². The quantitative estimate of drug-likeness (QED) is 0.0355. The van der Waals surface area contributed by atoms with E-state index < -0.39 is 10.5 Å². The van der Waals surface area contributed by atoms with Crippen molar-refractivity contribution >= 4 is 28.7 Å². The Kier molecular flexibility index (Phi) is 15.4. The first-order valence-electron chi connectivity index (χ1n) is 18.6. The lowest BCUT2D eigenvalue weighted by atomic mass is 9.93. The molecule has 0 spiro atoms. The molecule has 0 saturated heterocycles. The van der Waals surface area contributed by atoms with Crippen molar-refractivity contribution in [3.05, 3.63) is 129 Å². The molecule has 288 valence electrons. The fourth-order valence-corrected chi connectivity index (χ4v) is 6.05. The first kappa shape index (κ1) is 42.0. The van der Waals surface area contributed by atoms with Gasteiger partial charge in [0.25, 0.3) is 5.69 Å². The summed E-state index contributed by atoms with van der Waals surface area (Å²) in [6.45, 7) is 10.2. The number of nitro groups is 1. The third-order valence-corrected chi connectivity index (χ3v) is 9.21. The Morgan fingerprint density at radius 1 is 0.964 bits per heavy atom. The summed E-state index contributed by atoms with van der Waals surface area (Å²) in [7, 11) is 0. The van der Waals surface area contributed by atoms with Gasteiger partial charge in [-0.2, -0.15) is 26.0 Å². The zero-order valence-electron chi connectivity index (χ0n) is 32.3. The highest BCUT2D eigenvalue weighted by molar-refractivity contribution is 5.69. The maximum absolute atomic E-state index is 12.4. The summed E-state index contributed by atoms with van der Waals surface area (Å²) in [6, 6.07) is 19.4. The normalized spacial score (nSPS) is 14.4. The molecule has 2 aromatic rings. The van der Waals surface area contributed by atoms with Crippen LogP contribution in [0.5, 0.6) is 0 Å². The topological polar surface area (TPSA) is 181 Å². The monoisotopic (exact) mass is 754 g/mol.